The van der Waals surface area contributed by atoms with Gasteiger partial charge in [-0.05, 0) is 30.2 Å². The summed E-state index contributed by atoms with van der Waals surface area (Å²) < 4.78 is 31.1. The number of esters is 1. The van der Waals surface area contributed by atoms with E-state index in [1.807, 2.05) is 0 Å². The third-order valence-corrected chi connectivity index (χ3v) is 2.66. The molecule has 0 fully saturated rings. The zero-order valence-corrected chi connectivity index (χ0v) is 10.7. The molecule has 1 unspecified atom stereocenters. The number of hydrogen-bond acceptors (Lipinski definition) is 4. The lowest BCUT2D eigenvalue weighted by Crippen LogP contribution is -2.35. The van der Waals surface area contributed by atoms with E-state index in [0.29, 0.717) is 0 Å². The summed E-state index contributed by atoms with van der Waals surface area (Å²) in [5.74, 6) is -1.51. The van der Waals surface area contributed by atoms with Gasteiger partial charge in [0.2, 0.25) is 0 Å². The fraction of sp³-hybridized carbons (Fsp3) is 0.462. The van der Waals surface area contributed by atoms with E-state index in [1.165, 1.54) is 7.11 Å². The molecule has 0 aliphatic rings. The molecule has 1 aromatic rings. The highest BCUT2D eigenvalue weighted by molar-refractivity contribution is 5.70. The molecule has 6 heteroatoms. The Morgan fingerprint density at radius 3 is 2.84 bits per heavy atom. The normalized spacial score (nSPS) is 12.2. The predicted molar refractivity (Wildman–Crippen MR) is 65.6 cm³/mol. The average molecular weight is 273 g/mol. The van der Waals surface area contributed by atoms with E-state index in [-0.39, 0.29) is 31.6 Å². The summed E-state index contributed by atoms with van der Waals surface area (Å²) in [4.78, 5) is 11.2. The molecule has 0 spiro atoms. The van der Waals surface area contributed by atoms with E-state index in [9.17, 15) is 13.6 Å². The molecule has 4 nitrogen and oxygen atoms in total. The first-order valence-corrected chi connectivity index (χ1v) is 5.91. The summed E-state index contributed by atoms with van der Waals surface area (Å²) in [6.45, 7) is 0.155. The van der Waals surface area contributed by atoms with Crippen LogP contribution in [0.2, 0.25) is 0 Å². The molecular weight excluding hydrogens is 256 g/mol. The zero-order chi connectivity index (χ0) is 14.3. The van der Waals surface area contributed by atoms with Crippen molar-refractivity contribution in [1.82, 2.24) is 5.32 Å². The number of carbonyl (C=O) groups excluding carboxylic acids is 1. The SMILES string of the molecule is COC(=O)CC(Cc1cc(F)ccc1F)NCCO. The van der Waals surface area contributed by atoms with Gasteiger partial charge in [0.25, 0.3) is 0 Å². The second-order valence-electron chi connectivity index (χ2n) is 4.09. The Labute approximate surface area is 110 Å². The maximum atomic E-state index is 13.5. The molecule has 0 saturated carbocycles. The second-order valence-corrected chi connectivity index (χ2v) is 4.09. The molecule has 0 aromatic heterocycles. The van der Waals surface area contributed by atoms with Crippen LogP contribution < -0.4 is 5.32 Å². The van der Waals surface area contributed by atoms with E-state index in [0.717, 1.165) is 18.2 Å². The Kier molecular flexibility index (Phi) is 6.38. The first kappa shape index (κ1) is 15.5. The van der Waals surface area contributed by atoms with Gasteiger partial charge in [-0.3, -0.25) is 4.79 Å². The Hall–Kier alpha value is -1.53. The van der Waals surface area contributed by atoms with E-state index >= 15 is 0 Å². The monoisotopic (exact) mass is 273 g/mol. The van der Waals surface area contributed by atoms with Crippen molar-refractivity contribution in [2.45, 2.75) is 18.9 Å². The van der Waals surface area contributed by atoms with Crippen LogP contribution in [0.4, 0.5) is 8.78 Å². The van der Waals surface area contributed by atoms with Crippen molar-refractivity contribution >= 4 is 5.97 Å². The van der Waals surface area contributed by atoms with Gasteiger partial charge < -0.3 is 15.2 Å². The fourth-order valence-corrected chi connectivity index (χ4v) is 1.73. The third-order valence-electron chi connectivity index (χ3n) is 2.66. The minimum Gasteiger partial charge on any atom is -0.469 e. The molecule has 0 radical (unpaired) electrons. The summed E-state index contributed by atoms with van der Waals surface area (Å²) in [6, 6.07) is 2.76. The van der Waals surface area contributed by atoms with Gasteiger partial charge in [-0.2, -0.15) is 0 Å². The van der Waals surface area contributed by atoms with E-state index in [1.54, 1.807) is 0 Å². The second kappa shape index (κ2) is 7.81. The van der Waals surface area contributed by atoms with Crippen LogP contribution in [-0.2, 0) is 16.0 Å². The molecule has 1 atom stereocenters. The molecular formula is C13H17F2NO3. The van der Waals surface area contributed by atoms with Crippen molar-refractivity contribution in [2.75, 3.05) is 20.3 Å². The molecule has 19 heavy (non-hydrogen) atoms. The van der Waals surface area contributed by atoms with Crippen LogP contribution in [0.5, 0.6) is 0 Å². The Morgan fingerprint density at radius 2 is 2.21 bits per heavy atom. The highest BCUT2D eigenvalue weighted by Gasteiger charge is 2.16. The predicted octanol–water partition coefficient (Wildman–Crippen LogP) is 1.02. The Morgan fingerprint density at radius 1 is 1.47 bits per heavy atom. The topological polar surface area (TPSA) is 58.6 Å². The van der Waals surface area contributed by atoms with Gasteiger partial charge in [0.05, 0.1) is 20.1 Å². The smallest absolute Gasteiger partial charge is 0.307 e. The van der Waals surface area contributed by atoms with Crippen molar-refractivity contribution in [3.8, 4) is 0 Å². The number of ether oxygens (including phenoxy) is 1. The summed E-state index contributed by atoms with van der Waals surface area (Å²) in [5.41, 5.74) is 0.180. The Bertz CT molecular complexity index is 426. The van der Waals surface area contributed by atoms with Crippen molar-refractivity contribution in [3.05, 3.63) is 35.4 Å². The van der Waals surface area contributed by atoms with Gasteiger partial charge in [0.15, 0.2) is 0 Å². The van der Waals surface area contributed by atoms with Gasteiger partial charge in [0, 0.05) is 12.6 Å². The number of halogens is 2. The summed E-state index contributed by atoms with van der Waals surface area (Å²) >= 11 is 0. The van der Waals surface area contributed by atoms with Crippen LogP contribution in [-0.4, -0.2) is 37.4 Å². The number of carbonyl (C=O) groups is 1. The van der Waals surface area contributed by atoms with Crippen LogP contribution in [0.25, 0.3) is 0 Å². The minimum atomic E-state index is -0.532. The standard InChI is InChI=1S/C13H17F2NO3/c1-19-13(18)8-11(16-4-5-17)7-9-6-10(14)2-3-12(9)15/h2-3,6,11,16-17H,4-5,7-8H2,1H3. The molecule has 0 heterocycles. The average Bonchev–Trinajstić information content (AvgIpc) is 2.39. The molecule has 0 saturated heterocycles. The molecule has 1 rings (SSSR count). The van der Waals surface area contributed by atoms with Crippen molar-refractivity contribution in [3.63, 3.8) is 0 Å². The van der Waals surface area contributed by atoms with Crippen LogP contribution in [0.1, 0.15) is 12.0 Å². The lowest BCUT2D eigenvalue weighted by atomic mass is 10.0. The number of benzene rings is 1. The van der Waals surface area contributed by atoms with Crippen molar-refractivity contribution < 1.29 is 23.4 Å². The summed E-state index contributed by atoms with van der Waals surface area (Å²) in [7, 11) is 1.26. The summed E-state index contributed by atoms with van der Waals surface area (Å²) in [6.07, 6.45) is 0.158. The quantitative estimate of drug-likeness (QED) is 0.728. The van der Waals surface area contributed by atoms with Gasteiger partial charge in [0.1, 0.15) is 11.6 Å². The third kappa shape index (κ3) is 5.32. The van der Waals surface area contributed by atoms with Gasteiger partial charge >= 0.3 is 5.97 Å². The molecule has 2 N–H and O–H groups in total. The van der Waals surface area contributed by atoms with Crippen LogP contribution >= 0.6 is 0 Å². The highest BCUT2D eigenvalue weighted by atomic mass is 19.1. The number of nitrogens with one attached hydrogen (secondary N) is 1. The minimum absolute atomic E-state index is 0.0203. The highest BCUT2D eigenvalue weighted by Crippen LogP contribution is 2.13. The van der Waals surface area contributed by atoms with Crippen LogP contribution in [0, 0.1) is 11.6 Å². The molecule has 0 amide bonds. The number of methoxy groups -OCH3 is 1. The first-order valence-electron chi connectivity index (χ1n) is 5.91. The summed E-state index contributed by atoms with van der Waals surface area (Å²) in [5, 5.41) is 11.6. The number of hydrogen-bond donors (Lipinski definition) is 2. The maximum absolute atomic E-state index is 13.5. The van der Waals surface area contributed by atoms with Crippen molar-refractivity contribution in [2.24, 2.45) is 0 Å². The maximum Gasteiger partial charge on any atom is 0.307 e. The molecule has 106 valence electrons. The molecule has 0 aliphatic carbocycles. The van der Waals surface area contributed by atoms with Crippen LogP contribution in [0.3, 0.4) is 0 Å². The Balaban J connectivity index is 2.74. The van der Waals surface area contributed by atoms with E-state index in [2.05, 4.69) is 10.1 Å². The van der Waals surface area contributed by atoms with Crippen molar-refractivity contribution in [1.29, 1.82) is 0 Å². The number of aliphatic hydroxyl groups is 1. The van der Waals surface area contributed by atoms with E-state index in [4.69, 9.17) is 5.11 Å². The molecule has 0 aliphatic heterocycles. The van der Waals surface area contributed by atoms with Gasteiger partial charge in [-0.15, -0.1) is 0 Å². The largest absolute Gasteiger partial charge is 0.469 e. The zero-order valence-electron chi connectivity index (χ0n) is 10.7. The van der Waals surface area contributed by atoms with Gasteiger partial charge in [-0.25, -0.2) is 8.78 Å². The molecule has 0 bridgehead atoms. The lowest BCUT2D eigenvalue weighted by Gasteiger charge is -2.17. The number of aliphatic hydroxyl groups excluding tert-OH is 1. The van der Waals surface area contributed by atoms with Crippen LogP contribution in [0.15, 0.2) is 18.2 Å². The lowest BCUT2D eigenvalue weighted by molar-refractivity contribution is -0.141. The number of rotatable bonds is 7. The fourth-order valence-electron chi connectivity index (χ4n) is 1.73. The first-order chi connectivity index (χ1) is 9.06. The molecule has 1 aromatic carbocycles. The van der Waals surface area contributed by atoms with Gasteiger partial charge in [-0.1, -0.05) is 0 Å². The van der Waals surface area contributed by atoms with E-state index < -0.39 is 23.6 Å².